The Bertz CT molecular complexity index is 1050. The van der Waals surface area contributed by atoms with Crippen LogP contribution in [0.1, 0.15) is 75.8 Å². The molecule has 166 valence electrons. The van der Waals surface area contributed by atoms with Gasteiger partial charge in [0, 0.05) is 17.3 Å². The summed E-state index contributed by atoms with van der Waals surface area (Å²) in [6.07, 6.45) is 5.92. The largest absolute Gasteiger partial charge is 0.391 e. The number of aliphatic hydroxyl groups excluding tert-OH is 1. The first-order chi connectivity index (χ1) is 15.0. The Balaban J connectivity index is 1.36. The van der Waals surface area contributed by atoms with Crippen LogP contribution in [0, 0.1) is 5.82 Å². The molecule has 2 aliphatic rings. The highest BCUT2D eigenvalue weighted by Crippen LogP contribution is 2.33. The number of aliphatic hydroxyl groups is 1. The lowest BCUT2D eigenvalue weighted by molar-refractivity contribution is 0.00731. The third-order valence-electron chi connectivity index (χ3n) is 6.89. The van der Waals surface area contributed by atoms with Crippen LogP contribution in [0.25, 0.3) is 16.9 Å². The molecule has 3 aromatic rings. The summed E-state index contributed by atoms with van der Waals surface area (Å²) < 4.78 is 21.7. The van der Waals surface area contributed by atoms with Crippen molar-refractivity contribution in [3.63, 3.8) is 0 Å². The average molecular weight is 428 g/mol. The maximum atomic E-state index is 14.6. The molecule has 2 atom stereocenters. The Labute approximate surface area is 181 Å². The first-order valence-electron chi connectivity index (χ1n) is 11.5. The number of piperidine rings is 1. The molecule has 0 amide bonds. The van der Waals surface area contributed by atoms with E-state index in [9.17, 15) is 9.50 Å². The Morgan fingerprint density at radius 1 is 1.13 bits per heavy atom. The number of benzene rings is 1. The highest BCUT2D eigenvalue weighted by atomic mass is 19.1. The molecule has 7 nitrogen and oxygen atoms in total. The highest BCUT2D eigenvalue weighted by Gasteiger charge is 2.33. The molecule has 1 aliphatic carbocycles. The fraction of sp³-hybridized carbons (Fsp3) is 0.609. The molecule has 0 unspecified atom stereocenters. The first-order valence-corrected chi connectivity index (χ1v) is 11.5. The molecule has 1 saturated heterocycles. The van der Waals surface area contributed by atoms with Crippen LogP contribution in [0.2, 0.25) is 0 Å². The van der Waals surface area contributed by atoms with Gasteiger partial charge in [-0.25, -0.2) is 4.39 Å². The molecule has 0 bridgehead atoms. The van der Waals surface area contributed by atoms with Gasteiger partial charge in [0.2, 0.25) is 5.89 Å². The van der Waals surface area contributed by atoms with Gasteiger partial charge in [0.15, 0.2) is 0 Å². The second kappa shape index (κ2) is 8.31. The molecule has 2 fully saturated rings. The van der Waals surface area contributed by atoms with Crippen LogP contribution in [0.3, 0.4) is 0 Å². The van der Waals surface area contributed by atoms with Gasteiger partial charge in [0.25, 0.3) is 5.95 Å². The molecule has 1 saturated carbocycles. The summed E-state index contributed by atoms with van der Waals surface area (Å²) in [6, 6.07) is 5.30. The van der Waals surface area contributed by atoms with Crippen LogP contribution in [-0.2, 0) is 0 Å². The molecule has 3 heterocycles. The van der Waals surface area contributed by atoms with Crippen molar-refractivity contribution in [1.82, 2.24) is 24.8 Å². The van der Waals surface area contributed by atoms with Crippen molar-refractivity contribution in [3.8, 4) is 5.95 Å². The lowest BCUT2D eigenvalue weighted by Gasteiger charge is -2.41. The van der Waals surface area contributed by atoms with Crippen LogP contribution in [0.15, 0.2) is 22.7 Å². The van der Waals surface area contributed by atoms with Crippen molar-refractivity contribution in [2.24, 2.45) is 0 Å². The molecule has 31 heavy (non-hydrogen) atoms. The van der Waals surface area contributed by atoms with Crippen molar-refractivity contribution in [1.29, 1.82) is 0 Å². The molecular weight excluding hydrogens is 397 g/mol. The topological polar surface area (TPSA) is 80.2 Å². The monoisotopic (exact) mass is 427 g/mol. The van der Waals surface area contributed by atoms with Gasteiger partial charge in [0.1, 0.15) is 11.3 Å². The maximum Gasteiger partial charge on any atom is 0.291 e. The number of nitrogens with zero attached hydrogens (tertiary/aromatic N) is 5. The van der Waals surface area contributed by atoms with E-state index >= 15 is 0 Å². The van der Waals surface area contributed by atoms with E-state index in [0.29, 0.717) is 11.4 Å². The number of aromatic nitrogens is 4. The Morgan fingerprint density at radius 3 is 2.65 bits per heavy atom. The van der Waals surface area contributed by atoms with Gasteiger partial charge in [-0.05, 0) is 55.9 Å². The molecular formula is C23H30FN5O2. The van der Waals surface area contributed by atoms with Crippen LogP contribution in [0.5, 0.6) is 0 Å². The Hall–Kier alpha value is -2.32. The van der Waals surface area contributed by atoms with Gasteiger partial charge in [-0.2, -0.15) is 14.8 Å². The highest BCUT2D eigenvalue weighted by molar-refractivity contribution is 5.84. The summed E-state index contributed by atoms with van der Waals surface area (Å²) in [6.45, 7) is 5.91. The standard InChI is InChI=1S/C23H30FN5O2/c1-14(2)20-16-6-5-7-17(24)21(16)29(26-20)23-25-22(31-27-23)15-10-12-28(13-11-15)18-8-3-4-9-19(18)30/h5-7,14-15,18-19,30H,3-4,8-13H2,1-2H3/t18-,19-/m1/s1. The van der Waals surface area contributed by atoms with E-state index in [4.69, 9.17) is 4.52 Å². The molecule has 1 N–H and O–H groups in total. The molecule has 2 aromatic heterocycles. The van der Waals surface area contributed by atoms with E-state index in [1.54, 1.807) is 6.07 Å². The predicted octanol–water partition coefficient (Wildman–Crippen LogP) is 4.15. The zero-order valence-electron chi connectivity index (χ0n) is 18.2. The minimum atomic E-state index is -0.345. The quantitative estimate of drug-likeness (QED) is 0.674. The molecule has 0 spiro atoms. The van der Waals surface area contributed by atoms with Crippen molar-refractivity contribution < 1.29 is 14.0 Å². The Kier molecular flexibility index (Phi) is 5.52. The number of fused-ring (bicyclic) bond motifs is 1. The number of hydrogen-bond donors (Lipinski definition) is 1. The second-order valence-corrected chi connectivity index (χ2v) is 9.25. The number of para-hydroxylation sites is 1. The number of rotatable bonds is 4. The minimum absolute atomic E-state index is 0.149. The summed E-state index contributed by atoms with van der Waals surface area (Å²) in [4.78, 5) is 7.03. The van der Waals surface area contributed by atoms with Gasteiger partial charge >= 0.3 is 0 Å². The number of halogens is 1. The lowest BCUT2D eigenvalue weighted by atomic mass is 9.88. The molecule has 0 radical (unpaired) electrons. The van der Waals surface area contributed by atoms with E-state index in [2.05, 4.69) is 20.1 Å². The maximum absolute atomic E-state index is 14.6. The van der Waals surface area contributed by atoms with Gasteiger partial charge < -0.3 is 9.63 Å². The smallest absolute Gasteiger partial charge is 0.291 e. The second-order valence-electron chi connectivity index (χ2n) is 9.25. The van der Waals surface area contributed by atoms with Crippen molar-refractivity contribution in [2.75, 3.05) is 13.1 Å². The van der Waals surface area contributed by atoms with E-state index < -0.39 is 0 Å². The normalized spacial score (nSPS) is 23.8. The van der Waals surface area contributed by atoms with Crippen LogP contribution in [-0.4, -0.2) is 55.2 Å². The van der Waals surface area contributed by atoms with Gasteiger partial charge in [-0.1, -0.05) is 38.8 Å². The average Bonchev–Trinajstić information content (AvgIpc) is 3.40. The Morgan fingerprint density at radius 2 is 1.90 bits per heavy atom. The molecule has 5 rings (SSSR count). The van der Waals surface area contributed by atoms with E-state index in [0.717, 1.165) is 56.3 Å². The van der Waals surface area contributed by atoms with Crippen molar-refractivity contribution in [2.45, 2.75) is 76.4 Å². The zero-order chi connectivity index (χ0) is 21.5. The molecule has 1 aliphatic heterocycles. The SMILES string of the molecule is CC(C)c1nn(-c2noc(C3CCN([C@@H]4CCCC[C@H]4O)CC3)n2)c2c(F)cccc12. The predicted molar refractivity (Wildman–Crippen MR) is 115 cm³/mol. The van der Waals surface area contributed by atoms with Crippen LogP contribution < -0.4 is 0 Å². The molecule has 1 aromatic carbocycles. The summed E-state index contributed by atoms with van der Waals surface area (Å²) in [5, 5.41) is 19.9. The van der Waals surface area contributed by atoms with Crippen molar-refractivity contribution >= 4 is 10.9 Å². The lowest BCUT2D eigenvalue weighted by Crippen LogP contribution is -2.48. The summed E-state index contributed by atoms with van der Waals surface area (Å²) in [7, 11) is 0. The van der Waals surface area contributed by atoms with E-state index in [-0.39, 0.29) is 35.7 Å². The molecule has 8 heteroatoms. The van der Waals surface area contributed by atoms with E-state index in [1.807, 2.05) is 19.9 Å². The minimum Gasteiger partial charge on any atom is -0.391 e. The van der Waals surface area contributed by atoms with Crippen LogP contribution >= 0.6 is 0 Å². The fourth-order valence-electron chi connectivity index (χ4n) is 5.19. The summed E-state index contributed by atoms with van der Waals surface area (Å²) in [5.74, 6) is 0.848. The zero-order valence-corrected chi connectivity index (χ0v) is 18.2. The summed E-state index contributed by atoms with van der Waals surface area (Å²) >= 11 is 0. The number of likely N-dealkylation sites (tertiary alicyclic amines) is 1. The van der Waals surface area contributed by atoms with Gasteiger partial charge in [-0.3, -0.25) is 4.90 Å². The van der Waals surface area contributed by atoms with Gasteiger partial charge in [0.05, 0.1) is 11.8 Å². The number of hydrogen-bond acceptors (Lipinski definition) is 6. The first kappa shape index (κ1) is 20.6. The van der Waals surface area contributed by atoms with Crippen LogP contribution in [0.4, 0.5) is 4.39 Å². The third-order valence-corrected chi connectivity index (χ3v) is 6.89. The van der Waals surface area contributed by atoms with Gasteiger partial charge in [-0.15, -0.1) is 0 Å². The summed E-state index contributed by atoms with van der Waals surface area (Å²) in [5.41, 5.74) is 1.21. The van der Waals surface area contributed by atoms with E-state index in [1.165, 1.54) is 17.2 Å². The third kappa shape index (κ3) is 3.76. The fourth-order valence-corrected chi connectivity index (χ4v) is 5.19. The van der Waals surface area contributed by atoms with Crippen molar-refractivity contribution in [3.05, 3.63) is 35.6 Å².